The van der Waals surface area contributed by atoms with Crippen LogP contribution in [0.3, 0.4) is 0 Å². The van der Waals surface area contributed by atoms with Crippen molar-refractivity contribution in [3.05, 3.63) is 66.5 Å². The lowest BCUT2D eigenvalue weighted by Crippen LogP contribution is -1.97. The molecule has 1 aromatic heterocycles. The molecule has 3 aromatic rings. The molecular weight excluding hydrogens is 260 g/mol. The van der Waals surface area contributed by atoms with Crippen molar-refractivity contribution in [1.82, 2.24) is 9.97 Å². The quantitative estimate of drug-likeness (QED) is 0.715. The van der Waals surface area contributed by atoms with Crippen molar-refractivity contribution in [1.29, 1.82) is 0 Å². The summed E-state index contributed by atoms with van der Waals surface area (Å²) in [7, 11) is 0. The summed E-state index contributed by atoms with van der Waals surface area (Å²) in [5.74, 6) is 0.743. The highest BCUT2D eigenvalue weighted by Gasteiger charge is 2.03. The van der Waals surface area contributed by atoms with Gasteiger partial charge in [0.2, 0.25) is 0 Å². The van der Waals surface area contributed by atoms with E-state index in [2.05, 4.69) is 15.3 Å². The molecule has 0 aliphatic heterocycles. The number of nitrogens with one attached hydrogen (secondary N) is 1. The third-order valence-electron chi connectivity index (χ3n) is 3.29. The minimum atomic E-state index is 0.743. The molecule has 0 aliphatic carbocycles. The molecule has 0 atom stereocenters. The monoisotopic (exact) mass is 276 g/mol. The Labute approximate surface area is 123 Å². The maximum Gasteiger partial charge on any atom is 0.134 e. The van der Waals surface area contributed by atoms with Gasteiger partial charge in [0, 0.05) is 23.0 Å². The lowest BCUT2D eigenvalue weighted by atomic mass is 10.1. The van der Waals surface area contributed by atoms with Gasteiger partial charge in [-0.25, -0.2) is 9.97 Å². The first-order valence-corrected chi connectivity index (χ1v) is 6.73. The van der Waals surface area contributed by atoms with E-state index in [1.165, 1.54) is 0 Å². The SMILES string of the molecule is Cc1ccc(Nc2cc(-c3ccccc3)ncn2)cc1N. The first-order chi connectivity index (χ1) is 10.2. The predicted octanol–water partition coefficient (Wildman–Crippen LogP) is 3.78. The van der Waals surface area contributed by atoms with E-state index in [0.717, 1.165) is 34.0 Å². The highest BCUT2D eigenvalue weighted by Crippen LogP contribution is 2.23. The van der Waals surface area contributed by atoms with Crippen molar-refractivity contribution in [3.8, 4) is 11.3 Å². The molecule has 0 saturated carbocycles. The summed E-state index contributed by atoms with van der Waals surface area (Å²) in [6.07, 6.45) is 1.56. The molecule has 104 valence electrons. The predicted molar refractivity (Wildman–Crippen MR) is 86.3 cm³/mol. The molecule has 0 unspecified atom stereocenters. The number of benzene rings is 2. The van der Waals surface area contributed by atoms with Crippen molar-refractivity contribution >= 4 is 17.2 Å². The number of hydrogen-bond donors (Lipinski definition) is 2. The Morgan fingerprint density at radius 2 is 1.76 bits per heavy atom. The van der Waals surface area contributed by atoms with Crippen LogP contribution in [0.2, 0.25) is 0 Å². The normalized spacial score (nSPS) is 10.3. The summed E-state index contributed by atoms with van der Waals surface area (Å²) in [5, 5.41) is 3.25. The number of anilines is 3. The lowest BCUT2D eigenvalue weighted by molar-refractivity contribution is 1.17. The van der Waals surface area contributed by atoms with E-state index in [-0.39, 0.29) is 0 Å². The molecular formula is C17H16N4. The smallest absolute Gasteiger partial charge is 0.134 e. The Morgan fingerprint density at radius 3 is 2.52 bits per heavy atom. The fourth-order valence-electron chi connectivity index (χ4n) is 2.06. The second-order valence-electron chi connectivity index (χ2n) is 4.85. The number of hydrogen-bond acceptors (Lipinski definition) is 4. The lowest BCUT2D eigenvalue weighted by Gasteiger charge is -2.09. The maximum absolute atomic E-state index is 5.92. The first-order valence-electron chi connectivity index (χ1n) is 6.73. The molecule has 21 heavy (non-hydrogen) atoms. The third-order valence-corrected chi connectivity index (χ3v) is 3.29. The Kier molecular flexibility index (Phi) is 3.51. The minimum Gasteiger partial charge on any atom is -0.398 e. The molecule has 1 heterocycles. The average molecular weight is 276 g/mol. The van der Waals surface area contributed by atoms with Gasteiger partial charge >= 0.3 is 0 Å². The Hall–Kier alpha value is -2.88. The second kappa shape index (κ2) is 5.63. The summed E-state index contributed by atoms with van der Waals surface area (Å²) in [4.78, 5) is 8.56. The van der Waals surface area contributed by atoms with Crippen molar-refractivity contribution < 1.29 is 0 Å². The van der Waals surface area contributed by atoms with Gasteiger partial charge in [0.05, 0.1) is 5.69 Å². The largest absolute Gasteiger partial charge is 0.398 e. The number of rotatable bonds is 3. The second-order valence-corrected chi connectivity index (χ2v) is 4.85. The van der Waals surface area contributed by atoms with E-state index in [1.807, 2.05) is 61.5 Å². The zero-order chi connectivity index (χ0) is 14.7. The number of nitrogen functional groups attached to an aromatic ring is 1. The van der Waals surface area contributed by atoms with E-state index in [4.69, 9.17) is 5.73 Å². The van der Waals surface area contributed by atoms with E-state index < -0.39 is 0 Å². The highest BCUT2D eigenvalue weighted by atomic mass is 15.0. The molecule has 0 aliphatic rings. The number of aromatic nitrogens is 2. The van der Waals surface area contributed by atoms with Gasteiger partial charge in [0.25, 0.3) is 0 Å². The van der Waals surface area contributed by atoms with E-state index in [1.54, 1.807) is 6.33 Å². The van der Waals surface area contributed by atoms with Crippen molar-refractivity contribution in [3.63, 3.8) is 0 Å². The van der Waals surface area contributed by atoms with Gasteiger partial charge in [-0.1, -0.05) is 36.4 Å². The van der Waals surface area contributed by atoms with Crippen molar-refractivity contribution in [2.24, 2.45) is 0 Å². The summed E-state index contributed by atoms with van der Waals surface area (Å²) >= 11 is 0. The maximum atomic E-state index is 5.92. The molecule has 4 nitrogen and oxygen atoms in total. The van der Waals surface area contributed by atoms with E-state index in [9.17, 15) is 0 Å². The van der Waals surface area contributed by atoms with Gasteiger partial charge < -0.3 is 11.1 Å². The zero-order valence-corrected chi connectivity index (χ0v) is 11.7. The summed E-state index contributed by atoms with van der Waals surface area (Å²) in [5.41, 5.74) is 10.6. The minimum absolute atomic E-state index is 0.743. The molecule has 0 saturated heterocycles. The van der Waals surface area contributed by atoms with Crippen LogP contribution in [0.4, 0.5) is 17.2 Å². The summed E-state index contributed by atoms with van der Waals surface area (Å²) in [6.45, 7) is 1.98. The summed E-state index contributed by atoms with van der Waals surface area (Å²) in [6, 6.07) is 17.8. The van der Waals surface area contributed by atoms with Crippen LogP contribution in [0.25, 0.3) is 11.3 Å². The van der Waals surface area contributed by atoms with Gasteiger partial charge in [0.1, 0.15) is 12.1 Å². The van der Waals surface area contributed by atoms with Crippen LogP contribution in [0, 0.1) is 6.92 Å². The van der Waals surface area contributed by atoms with Gasteiger partial charge in [-0.2, -0.15) is 0 Å². The number of nitrogens with two attached hydrogens (primary N) is 1. The van der Waals surface area contributed by atoms with Crippen LogP contribution >= 0.6 is 0 Å². The topological polar surface area (TPSA) is 63.8 Å². The molecule has 0 fully saturated rings. The standard InChI is InChI=1S/C17H16N4/c1-12-7-8-14(9-15(12)18)21-17-10-16(19-11-20-17)13-5-3-2-4-6-13/h2-11H,18H2,1H3,(H,19,20,21). The highest BCUT2D eigenvalue weighted by molar-refractivity contribution is 5.67. The zero-order valence-electron chi connectivity index (χ0n) is 11.7. The van der Waals surface area contributed by atoms with Crippen LogP contribution in [0.1, 0.15) is 5.56 Å². The van der Waals surface area contributed by atoms with Crippen LogP contribution in [0.5, 0.6) is 0 Å². The van der Waals surface area contributed by atoms with Crippen LogP contribution in [-0.2, 0) is 0 Å². The van der Waals surface area contributed by atoms with Gasteiger partial charge in [-0.3, -0.25) is 0 Å². The molecule has 3 N–H and O–H groups in total. The molecule has 2 aromatic carbocycles. The van der Waals surface area contributed by atoms with Crippen molar-refractivity contribution in [2.45, 2.75) is 6.92 Å². The number of nitrogens with zero attached hydrogens (tertiary/aromatic N) is 2. The average Bonchev–Trinajstić information content (AvgIpc) is 2.52. The number of aryl methyl sites for hydroxylation is 1. The van der Waals surface area contributed by atoms with E-state index in [0.29, 0.717) is 0 Å². The Morgan fingerprint density at radius 1 is 0.952 bits per heavy atom. The molecule has 3 rings (SSSR count). The molecule has 0 radical (unpaired) electrons. The fraction of sp³-hybridized carbons (Fsp3) is 0.0588. The first kappa shape index (κ1) is 13.1. The van der Waals surface area contributed by atoms with Crippen LogP contribution in [0.15, 0.2) is 60.9 Å². The summed E-state index contributed by atoms with van der Waals surface area (Å²) < 4.78 is 0. The molecule has 4 heteroatoms. The molecule has 0 spiro atoms. The third kappa shape index (κ3) is 3.00. The van der Waals surface area contributed by atoms with Crippen LogP contribution < -0.4 is 11.1 Å². The molecule has 0 amide bonds. The van der Waals surface area contributed by atoms with Gasteiger partial charge in [-0.15, -0.1) is 0 Å². The van der Waals surface area contributed by atoms with E-state index >= 15 is 0 Å². The Balaban J connectivity index is 1.88. The van der Waals surface area contributed by atoms with Crippen molar-refractivity contribution in [2.75, 3.05) is 11.1 Å². The van der Waals surface area contributed by atoms with Crippen LogP contribution in [-0.4, -0.2) is 9.97 Å². The molecule has 0 bridgehead atoms. The van der Waals surface area contributed by atoms with Gasteiger partial charge in [0.15, 0.2) is 0 Å². The van der Waals surface area contributed by atoms with Gasteiger partial charge in [-0.05, 0) is 24.6 Å². The fourth-order valence-corrected chi connectivity index (χ4v) is 2.06. The Bertz CT molecular complexity index is 754.